The monoisotopic (exact) mass is 320 g/mol. The van der Waals surface area contributed by atoms with Crippen LogP contribution in [0.3, 0.4) is 0 Å². The van der Waals surface area contributed by atoms with Gasteiger partial charge in [0.15, 0.2) is 0 Å². The molecule has 0 saturated carbocycles. The second-order valence-electron chi connectivity index (χ2n) is 6.73. The van der Waals surface area contributed by atoms with Gasteiger partial charge in [-0.05, 0) is 36.7 Å². The zero-order valence-corrected chi connectivity index (χ0v) is 14.2. The summed E-state index contributed by atoms with van der Waals surface area (Å²) < 4.78 is 0. The molecule has 24 heavy (non-hydrogen) atoms. The quantitative estimate of drug-likeness (QED) is 0.802. The molecule has 0 spiro atoms. The van der Waals surface area contributed by atoms with E-state index in [4.69, 9.17) is 0 Å². The van der Waals surface area contributed by atoms with Gasteiger partial charge in [0.05, 0.1) is 0 Å². The van der Waals surface area contributed by atoms with Gasteiger partial charge < -0.3 is 14.8 Å². The Hall–Kier alpha value is -2.17. The number of hydrogen-bond donors (Lipinski definition) is 1. The molecule has 1 N–H and O–H groups in total. The van der Waals surface area contributed by atoms with Crippen molar-refractivity contribution < 1.29 is 0 Å². The number of benzene rings is 1. The van der Waals surface area contributed by atoms with Crippen LogP contribution in [-0.2, 0) is 6.42 Å². The highest BCUT2D eigenvalue weighted by Gasteiger charge is 2.13. The van der Waals surface area contributed by atoms with E-state index in [2.05, 4.69) is 63.2 Å². The van der Waals surface area contributed by atoms with Crippen molar-refractivity contribution in [1.29, 1.82) is 0 Å². The van der Waals surface area contributed by atoms with Crippen LogP contribution in [0.4, 0.5) is 0 Å². The predicted octanol–water partition coefficient (Wildman–Crippen LogP) is 3.02. The number of aromatic nitrogens is 2. The van der Waals surface area contributed by atoms with Gasteiger partial charge in [-0.3, -0.25) is 0 Å². The van der Waals surface area contributed by atoms with Crippen molar-refractivity contribution >= 4 is 11.0 Å². The summed E-state index contributed by atoms with van der Waals surface area (Å²) >= 11 is 0. The first-order chi connectivity index (χ1) is 11.8. The van der Waals surface area contributed by atoms with E-state index in [-0.39, 0.29) is 0 Å². The lowest BCUT2D eigenvalue weighted by Crippen LogP contribution is -2.45. The van der Waals surface area contributed by atoms with Crippen LogP contribution in [-0.4, -0.2) is 59.5 Å². The first-order valence-electron chi connectivity index (χ1n) is 8.71. The summed E-state index contributed by atoms with van der Waals surface area (Å²) in [7, 11) is 2.20. The predicted molar refractivity (Wildman–Crippen MR) is 99.2 cm³/mol. The van der Waals surface area contributed by atoms with Gasteiger partial charge in [0.1, 0.15) is 5.65 Å². The fourth-order valence-corrected chi connectivity index (χ4v) is 3.32. The highest BCUT2D eigenvalue weighted by atomic mass is 15.2. The third-order valence-electron chi connectivity index (χ3n) is 5.00. The lowest BCUT2D eigenvalue weighted by Gasteiger charge is -2.32. The van der Waals surface area contributed by atoms with Crippen molar-refractivity contribution in [3.8, 4) is 11.1 Å². The van der Waals surface area contributed by atoms with Gasteiger partial charge in [-0.25, -0.2) is 4.98 Å². The lowest BCUT2D eigenvalue weighted by molar-refractivity contribution is 0.155. The van der Waals surface area contributed by atoms with Gasteiger partial charge in [-0.2, -0.15) is 0 Å². The first kappa shape index (κ1) is 15.4. The van der Waals surface area contributed by atoms with Gasteiger partial charge in [0, 0.05) is 56.1 Å². The van der Waals surface area contributed by atoms with Crippen LogP contribution in [0, 0.1) is 0 Å². The maximum Gasteiger partial charge on any atom is 0.137 e. The molecule has 0 radical (unpaired) electrons. The number of piperazine rings is 1. The molecule has 1 aliphatic rings. The Morgan fingerprint density at radius 3 is 2.58 bits per heavy atom. The Kier molecular flexibility index (Phi) is 4.32. The molecule has 1 saturated heterocycles. The van der Waals surface area contributed by atoms with Crippen molar-refractivity contribution in [2.45, 2.75) is 6.42 Å². The summed E-state index contributed by atoms with van der Waals surface area (Å²) in [5.74, 6) is 0. The number of pyridine rings is 1. The molecule has 0 bridgehead atoms. The first-order valence-corrected chi connectivity index (χ1v) is 8.71. The van der Waals surface area contributed by atoms with E-state index in [0.717, 1.165) is 24.0 Å². The van der Waals surface area contributed by atoms with Crippen molar-refractivity contribution in [3.63, 3.8) is 0 Å². The molecule has 0 atom stereocenters. The van der Waals surface area contributed by atoms with Crippen molar-refractivity contribution in [2.24, 2.45) is 0 Å². The van der Waals surface area contributed by atoms with Crippen LogP contribution in [0.5, 0.6) is 0 Å². The van der Waals surface area contributed by atoms with E-state index < -0.39 is 0 Å². The van der Waals surface area contributed by atoms with Gasteiger partial charge in [-0.15, -0.1) is 0 Å². The second-order valence-corrected chi connectivity index (χ2v) is 6.73. The second kappa shape index (κ2) is 6.75. The van der Waals surface area contributed by atoms with Crippen LogP contribution in [0.25, 0.3) is 22.2 Å². The summed E-state index contributed by atoms with van der Waals surface area (Å²) in [5, 5.41) is 1.16. The molecule has 0 amide bonds. The molecule has 4 rings (SSSR count). The van der Waals surface area contributed by atoms with E-state index >= 15 is 0 Å². The van der Waals surface area contributed by atoms with E-state index in [1.165, 1.54) is 42.9 Å². The standard InChI is InChI=1S/C20H24N4/c1-23-10-12-24(13-11-23)9-7-16-2-4-17(5-3-16)19-14-18-6-8-21-20(18)22-15-19/h2-6,8,14-15H,7,9-13H2,1H3,(H,21,22). The van der Waals surface area contributed by atoms with Crippen LogP contribution >= 0.6 is 0 Å². The van der Waals surface area contributed by atoms with Crippen LogP contribution in [0.15, 0.2) is 48.8 Å². The maximum absolute atomic E-state index is 4.48. The molecule has 3 heterocycles. The SMILES string of the molecule is CN1CCN(CCc2ccc(-c3cnc4[nH]ccc4c3)cc2)CC1. The Morgan fingerprint density at radius 1 is 1.00 bits per heavy atom. The number of nitrogens with one attached hydrogen (secondary N) is 1. The molecule has 0 aliphatic carbocycles. The van der Waals surface area contributed by atoms with E-state index in [0.29, 0.717) is 0 Å². The van der Waals surface area contributed by atoms with Crippen molar-refractivity contribution in [1.82, 2.24) is 19.8 Å². The summed E-state index contributed by atoms with van der Waals surface area (Å²) in [6, 6.07) is 13.2. The summed E-state index contributed by atoms with van der Waals surface area (Å²) in [5.41, 5.74) is 4.76. The molecule has 3 aromatic rings. The molecule has 0 unspecified atom stereocenters. The minimum Gasteiger partial charge on any atom is -0.346 e. The third kappa shape index (κ3) is 3.35. The molecular formula is C20H24N4. The van der Waals surface area contributed by atoms with Gasteiger partial charge in [0.2, 0.25) is 0 Å². The number of likely N-dealkylation sites (N-methyl/N-ethyl adjacent to an activating group) is 1. The Labute approximate surface area is 143 Å². The van der Waals surface area contributed by atoms with Crippen LogP contribution < -0.4 is 0 Å². The largest absolute Gasteiger partial charge is 0.346 e. The van der Waals surface area contributed by atoms with Crippen molar-refractivity contribution in [2.75, 3.05) is 39.8 Å². The Balaban J connectivity index is 1.40. The minimum atomic E-state index is 0.947. The molecule has 2 aromatic heterocycles. The summed E-state index contributed by atoms with van der Waals surface area (Å²) in [4.78, 5) is 12.6. The lowest BCUT2D eigenvalue weighted by atomic mass is 10.0. The molecule has 4 nitrogen and oxygen atoms in total. The number of fused-ring (bicyclic) bond motifs is 1. The maximum atomic E-state index is 4.48. The zero-order valence-electron chi connectivity index (χ0n) is 14.2. The molecule has 1 aliphatic heterocycles. The molecule has 1 fully saturated rings. The Bertz CT molecular complexity index is 798. The van der Waals surface area contributed by atoms with Gasteiger partial charge in [0.25, 0.3) is 0 Å². The van der Waals surface area contributed by atoms with Gasteiger partial charge >= 0.3 is 0 Å². The third-order valence-corrected chi connectivity index (χ3v) is 5.00. The van der Waals surface area contributed by atoms with E-state index in [1.807, 2.05) is 12.4 Å². The fraction of sp³-hybridized carbons (Fsp3) is 0.350. The summed E-state index contributed by atoms with van der Waals surface area (Å²) in [6.45, 7) is 5.92. The topological polar surface area (TPSA) is 35.2 Å². The fourth-order valence-electron chi connectivity index (χ4n) is 3.32. The number of H-pyrrole nitrogens is 1. The zero-order chi connectivity index (χ0) is 16.4. The highest BCUT2D eigenvalue weighted by Crippen LogP contribution is 2.22. The molecule has 1 aromatic carbocycles. The van der Waals surface area contributed by atoms with Crippen LogP contribution in [0.2, 0.25) is 0 Å². The number of nitrogens with zero attached hydrogens (tertiary/aromatic N) is 3. The summed E-state index contributed by atoms with van der Waals surface area (Å²) in [6.07, 6.45) is 5.00. The van der Waals surface area contributed by atoms with E-state index in [1.54, 1.807) is 0 Å². The number of hydrogen-bond acceptors (Lipinski definition) is 3. The average molecular weight is 320 g/mol. The normalized spacial score (nSPS) is 16.7. The number of rotatable bonds is 4. The van der Waals surface area contributed by atoms with Gasteiger partial charge in [-0.1, -0.05) is 24.3 Å². The average Bonchev–Trinajstić information content (AvgIpc) is 3.09. The van der Waals surface area contributed by atoms with Crippen molar-refractivity contribution in [3.05, 3.63) is 54.4 Å². The number of aromatic amines is 1. The molecule has 4 heteroatoms. The highest BCUT2D eigenvalue weighted by molar-refractivity contribution is 5.81. The smallest absolute Gasteiger partial charge is 0.137 e. The Morgan fingerprint density at radius 2 is 1.79 bits per heavy atom. The van der Waals surface area contributed by atoms with E-state index in [9.17, 15) is 0 Å². The molecular weight excluding hydrogens is 296 g/mol. The van der Waals surface area contributed by atoms with Crippen LogP contribution in [0.1, 0.15) is 5.56 Å². The minimum absolute atomic E-state index is 0.947. The molecule has 124 valence electrons.